The van der Waals surface area contributed by atoms with Crippen LogP contribution in [0.25, 0.3) is 0 Å². The summed E-state index contributed by atoms with van der Waals surface area (Å²) < 4.78 is 0. The maximum atomic E-state index is 11.6. The Kier molecular flexibility index (Phi) is 5.08. The Balaban J connectivity index is 2.59. The van der Waals surface area contributed by atoms with E-state index < -0.39 is 18.0 Å². The van der Waals surface area contributed by atoms with Crippen molar-refractivity contribution < 1.29 is 29.7 Å². The third kappa shape index (κ3) is 3.69. The van der Waals surface area contributed by atoms with Crippen molar-refractivity contribution in [2.45, 2.75) is 31.7 Å². The predicted molar refractivity (Wildman–Crippen MR) is 59.8 cm³/mol. The molecule has 0 aromatic heterocycles. The number of aliphatic carboxylic acids is 2. The Hall–Kier alpha value is -1.63. The van der Waals surface area contributed by atoms with Crippen molar-refractivity contribution >= 4 is 17.8 Å². The molecule has 1 fully saturated rings. The van der Waals surface area contributed by atoms with Crippen molar-refractivity contribution in [2.24, 2.45) is 5.92 Å². The number of likely N-dealkylation sites (tertiary alicyclic amines) is 1. The highest BCUT2D eigenvalue weighted by Crippen LogP contribution is 2.22. The van der Waals surface area contributed by atoms with E-state index in [-0.39, 0.29) is 50.7 Å². The molecule has 1 amide bonds. The first-order chi connectivity index (χ1) is 8.45. The lowest BCUT2D eigenvalue weighted by molar-refractivity contribution is -0.149. The van der Waals surface area contributed by atoms with Crippen LogP contribution in [0.2, 0.25) is 0 Å². The lowest BCUT2D eigenvalue weighted by Gasteiger charge is -2.24. The van der Waals surface area contributed by atoms with Crippen LogP contribution in [-0.4, -0.2) is 57.3 Å². The molecule has 0 aromatic rings. The number of hydrogen-bond donors (Lipinski definition) is 3. The van der Waals surface area contributed by atoms with Gasteiger partial charge in [0.2, 0.25) is 5.91 Å². The maximum Gasteiger partial charge on any atom is 0.326 e. The largest absolute Gasteiger partial charge is 0.481 e. The molecule has 0 saturated carbocycles. The zero-order valence-corrected chi connectivity index (χ0v) is 9.91. The fourth-order valence-corrected chi connectivity index (χ4v) is 2.09. The third-order valence-corrected chi connectivity index (χ3v) is 3.03. The second-order valence-corrected chi connectivity index (χ2v) is 4.44. The van der Waals surface area contributed by atoms with Gasteiger partial charge in [-0.15, -0.1) is 0 Å². The number of carbonyl (C=O) groups excluding carboxylic acids is 1. The Bertz CT molecular complexity index is 342. The molecule has 1 saturated heterocycles. The summed E-state index contributed by atoms with van der Waals surface area (Å²) in [4.78, 5) is 34.3. The summed E-state index contributed by atoms with van der Waals surface area (Å²) >= 11 is 0. The first-order valence-electron chi connectivity index (χ1n) is 5.80. The number of rotatable bonds is 7. The molecule has 2 unspecified atom stereocenters. The lowest BCUT2D eigenvalue weighted by atomic mass is 10.1. The van der Waals surface area contributed by atoms with Crippen molar-refractivity contribution in [3.63, 3.8) is 0 Å². The highest BCUT2D eigenvalue weighted by molar-refractivity contribution is 5.85. The summed E-state index contributed by atoms with van der Waals surface area (Å²) in [5, 5.41) is 26.5. The van der Waals surface area contributed by atoms with Crippen LogP contribution in [0.15, 0.2) is 0 Å². The molecule has 7 heteroatoms. The van der Waals surface area contributed by atoms with E-state index in [0.29, 0.717) is 0 Å². The number of nitrogens with zero attached hydrogens (tertiary/aromatic N) is 1. The summed E-state index contributed by atoms with van der Waals surface area (Å²) in [7, 11) is 0. The van der Waals surface area contributed by atoms with Crippen LogP contribution in [0.4, 0.5) is 0 Å². The minimum absolute atomic E-state index is 0.116. The van der Waals surface area contributed by atoms with E-state index in [0.717, 1.165) is 0 Å². The number of aliphatic hydroxyl groups is 1. The number of aliphatic hydroxyl groups excluding tert-OH is 1. The quantitative estimate of drug-likeness (QED) is 0.569. The van der Waals surface area contributed by atoms with Crippen LogP contribution in [0.1, 0.15) is 25.7 Å². The van der Waals surface area contributed by atoms with Gasteiger partial charge >= 0.3 is 11.9 Å². The van der Waals surface area contributed by atoms with E-state index in [4.69, 9.17) is 15.3 Å². The predicted octanol–water partition coefficient (Wildman–Crippen LogP) is -0.465. The molecular weight excluding hydrogens is 242 g/mol. The first kappa shape index (κ1) is 14.4. The Morgan fingerprint density at radius 2 is 2.06 bits per heavy atom. The average molecular weight is 259 g/mol. The van der Waals surface area contributed by atoms with Crippen LogP contribution in [-0.2, 0) is 14.4 Å². The molecule has 7 nitrogen and oxygen atoms in total. The van der Waals surface area contributed by atoms with Crippen molar-refractivity contribution in [2.75, 3.05) is 13.2 Å². The second kappa shape index (κ2) is 6.34. The molecule has 102 valence electrons. The number of carboxylic acids is 2. The summed E-state index contributed by atoms with van der Waals surface area (Å²) in [6.45, 7) is 0.0725. The summed E-state index contributed by atoms with van der Waals surface area (Å²) in [6.07, 6.45) is 0.361. The first-order valence-corrected chi connectivity index (χ1v) is 5.80. The van der Waals surface area contributed by atoms with Crippen LogP contribution < -0.4 is 0 Å². The molecule has 1 heterocycles. The zero-order valence-electron chi connectivity index (χ0n) is 9.91. The van der Waals surface area contributed by atoms with Crippen molar-refractivity contribution in [1.82, 2.24) is 4.90 Å². The molecule has 0 aromatic carbocycles. The van der Waals surface area contributed by atoms with E-state index in [9.17, 15) is 14.4 Å². The van der Waals surface area contributed by atoms with E-state index in [1.165, 1.54) is 4.90 Å². The molecule has 0 radical (unpaired) electrons. The molecule has 18 heavy (non-hydrogen) atoms. The van der Waals surface area contributed by atoms with Crippen molar-refractivity contribution in [3.8, 4) is 0 Å². The molecule has 1 rings (SSSR count). The number of amides is 1. The molecule has 0 bridgehead atoms. The second-order valence-electron chi connectivity index (χ2n) is 4.44. The summed E-state index contributed by atoms with van der Waals surface area (Å²) in [6, 6.07) is -0.992. The van der Waals surface area contributed by atoms with Crippen molar-refractivity contribution in [1.29, 1.82) is 0 Å². The Morgan fingerprint density at radius 1 is 1.39 bits per heavy atom. The molecule has 2 atom stereocenters. The zero-order chi connectivity index (χ0) is 13.7. The number of carboxylic acid groups (broad SMARTS) is 2. The molecule has 0 aliphatic carbocycles. The summed E-state index contributed by atoms with van der Waals surface area (Å²) in [5.41, 5.74) is 0. The van der Waals surface area contributed by atoms with E-state index in [2.05, 4.69) is 0 Å². The molecule has 0 spiro atoms. The van der Waals surface area contributed by atoms with Gasteiger partial charge in [0.1, 0.15) is 6.04 Å². The van der Waals surface area contributed by atoms with Crippen LogP contribution in [0, 0.1) is 5.92 Å². The van der Waals surface area contributed by atoms with E-state index >= 15 is 0 Å². The smallest absolute Gasteiger partial charge is 0.326 e. The van der Waals surface area contributed by atoms with Crippen LogP contribution in [0.5, 0.6) is 0 Å². The average Bonchev–Trinajstić information content (AvgIpc) is 2.65. The van der Waals surface area contributed by atoms with Crippen LogP contribution in [0.3, 0.4) is 0 Å². The van der Waals surface area contributed by atoms with Gasteiger partial charge in [0.05, 0.1) is 0 Å². The van der Waals surface area contributed by atoms with Gasteiger partial charge in [-0.2, -0.15) is 0 Å². The van der Waals surface area contributed by atoms with Crippen LogP contribution >= 0.6 is 0 Å². The monoisotopic (exact) mass is 259 g/mol. The molecule has 1 aliphatic rings. The van der Waals surface area contributed by atoms with Crippen molar-refractivity contribution in [3.05, 3.63) is 0 Å². The van der Waals surface area contributed by atoms with Gasteiger partial charge < -0.3 is 20.2 Å². The molecular formula is C11H17NO6. The normalized spacial score (nSPS) is 21.1. The minimum atomic E-state index is -1.13. The minimum Gasteiger partial charge on any atom is -0.481 e. The van der Waals surface area contributed by atoms with E-state index in [1.807, 2.05) is 0 Å². The van der Waals surface area contributed by atoms with Gasteiger partial charge in [0.25, 0.3) is 0 Å². The molecule has 3 N–H and O–H groups in total. The van der Waals surface area contributed by atoms with Gasteiger partial charge in [-0.05, 0) is 12.8 Å². The SMILES string of the molecule is O=C(O)CCCC(C(=O)O)N1CC(CO)CC1=O. The topological polar surface area (TPSA) is 115 Å². The Labute approximate surface area is 104 Å². The molecule has 1 aliphatic heterocycles. The third-order valence-electron chi connectivity index (χ3n) is 3.03. The fraction of sp³-hybridized carbons (Fsp3) is 0.727. The van der Waals surface area contributed by atoms with Gasteiger partial charge in [0, 0.05) is 31.9 Å². The lowest BCUT2D eigenvalue weighted by Crippen LogP contribution is -2.42. The Morgan fingerprint density at radius 3 is 2.50 bits per heavy atom. The van der Waals surface area contributed by atoms with Gasteiger partial charge in [-0.3, -0.25) is 9.59 Å². The van der Waals surface area contributed by atoms with E-state index in [1.54, 1.807) is 0 Å². The maximum absolute atomic E-state index is 11.6. The van der Waals surface area contributed by atoms with Gasteiger partial charge in [0.15, 0.2) is 0 Å². The fourth-order valence-electron chi connectivity index (χ4n) is 2.09. The van der Waals surface area contributed by atoms with Gasteiger partial charge in [-0.25, -0.2) is 4.79 Å². The highest BCUT2D eigenvalue weighted by Gasteiger charge is 2.36. The highest BCUT2D eigenvalue weighted by atomic mass is 16.4. The van der Waals surface area contributed by atoms with Gasteiger partial charge in [-0.1, -0.05) is 0 Å². The number of hydrogen-bond acceptors (Lipinski definition) is 4. The number of carbonyl (C=O) groups is 3. The standard InChI is InChI=1S/C11H17NO6/c13-6-7-4-9(14)12(5-7)8(11(17)18)2-1-3-10(15)16/h7-8,13H,1-6H2,(H,15,16)(H,17,18). The summed E-state index contributed by atoms with van der Waals surface area (Å²) in [5.74, 6) is -2.64.